The van der Waals surface area contributed by atoms with Gasteiger partial charge < -0.3 is 14.7 Å². The number of hydrogen-bond acceptors (Lipinski definition) is 5. The molecule has 1 aliphatic heterocycles. The third kappa shape index (κ3) is 5.47. The van der Waals surface area contributed by atoms with E-state index in [1.165, 1.54) is 0 Å². The molecule has 3 atom stereocenters. The highest BCUT2D eigenvalue weighted by molar-refractivity contribution is 6.30. The predicted molar refractivity (Wildman–Crippen MR) is 171 cm³/mol. The number of para-hydroxylation sites is 1. The smallest absolute Gasteiger partial charge is 0.234 e. The second-order valence-electron chi connectivity index (χ2n) is 11.4. The van der Waals surface area contributed by atoms with Gasteiger partial charge in [-0.1, -0.05) is 43.6 Å². The molecule has 1 heterocycles. The molecule has 3 unspecified atom stereocenters. The van der Waals surface area contributed by atoms with Gasteiger partial charge in [0.2, 0.25) is 5.91 Å². The second kappa shape index (κ2) is 11.6. The summed E-state index contributed by atoms with van der Waals surface area (Å²) in [6.45, 7) is 4.52. The van der Waals surface area contributed by atoms with Crippen LogP contribution < -0.4 is 9.80 Å². The SMILES string of the molecule is CCC(CC)C(=O)N(c1ccccc1)c1cc(C(=O)c2ccc(N(C)c3ccc(Cl)cc3)cc2)cc(C2C(O)C23CO3)c1. The van der Waals surface area contributed by atoms with Crippen molar-refractivity contribution in [3.63, 3.8) is 0 Å². The van der Waals surface area contributed by atoms with E-state index in [-0.39, 0.29) is 23.5 Å². The maximum absolute atomic E-state index is 14.0. The lowest BCUT2D eigenvalue weighted by Crippen LogP contribution is -2.32. The number of carbonyl (C=O) groups excluding carboxylic acids is 2. The Morgan fingerprint density at radius 2 is 1.47 bits per heavy atom. The number of hydrogen-bond donors (Lipinski definition) is 1. The normalized spacial score (nSPS) is 20.2. The number of amides is 1. The maximum atomic E-state index is 14.0. The Hall–Kier alpha value is -3.97. The molecule has 4 aromatic rings. The van der Waals surface area contributed by atoms with Crippen molar-refractivity contribution in [1.82, 2.24) is 0 Å². The molecule has 4 aromatic carbocycles. The Bertz CT molecular complexity index is 1630. The summed E-state index contributed by atoms with van der Waals surface area (Å²) < 4.78 is 5.63. The fourth-order valence-electron chi connectivity index (χ4n) is 5.99. The van der Waals surface area contributed by atoms with Gasteiger partial charge in [0, 0.05) is 57.8 Å². The zero-order chi connectivity index (χ0) is 30.3. The summed E-state index contributed by atoms with van der Waals surface area (Å²) in [6.07, 6.45) is 0.784. The van der Waals surface area contributed by atoms with Crippen molar-refractivity contribution in [3.8, 4) is 0 Å². The van der Waals surface area contributed by atoms with Gasteiger partial charge in [-0.05, 0) is 97.3 Å². The van der Waals surface area contributed by atoms with E-state index < -0.39 is 11.7 Å². The van der Waals surface area contributed by atoms with Gasteiger partial charge >= 0.3 is 0 Å². The number of nitrogens with zero attached hydrogens (tertiary/aromatic N) is 2. The number of anilines is 4. The number of epoxide rings is 1. The number of ether oxygens (including phenoxy) is 1. The quantitative estimate of drug-likeness (QED) is 0.151. The van der Waals surface area contributed by atoms with Gasteiger partial charge in [0.25, 0.3) is 0 Å². The van der Waals surface area contributed by atoms with Gasteiger partial charge in [0.15, 0.2) is 5.78 Å². The molecular formula is C36H35ClN2O4. The molecule has 2 aliphatic rings. The van der Waals surface area contributed by atoms with E-state index in [1.807, 2.05) is 117 Å². The van der Waals surface area contributed by atoms with Crippen LogP contribution in [0.3, 0.4) is 0 Å². The molecule has 6 nitrogen and oxygen atoms in total. The van der Waals surface area contributed by atoms with Crippen molar-refractivity contribution in [2.24, 2.45) is 5.92 Å². The minimum atomic E-state index is -0.631. The summed E-state index contributed by atoms with van der Waals surface area (Å²) in [5.41, 5.74) is 4.46. The largest absolute Gasteiger partial charge is 0.389 e. The average Bonchev–Trinajstić information content (AvgIpc) is 3.94. The molecule has 0 aromatic heterocycles. The first-order chi connectivity index (χ1) is 20.8. The molecule has 1 aliphatic carbocycles. The fourth-order valence-corrected chi connectivity index (χ4v) is 6.11. The Labute approximate surface area is 257 Å². The van der Waals surface area contributed by atoms with Crippen LogP contribution in [-0.4, -0.2) is 42.2 Å². The van der Waals surface area contributed by atoms with Gasteiger partial charge in [-0.3, -0.25) is 14.5 Å². The molecule has 1 spiro atoms. The van der Waals surface area contributed by atoms with Crippen LogP contribution >= 0.6 is 11.6 Å². The van der Waals surface area contributed by atoms with Crippen LogP contribution in [0.5, 0.6) is 0 Å². The van der Waals surface area contributed by atoms with E-state index in [0.717, 1.165) is 22.6 Å². The second-order valence-corrected chi connectivity index (χ2v) is 11.8. The summed E-state index contributed by atoms with van der Waals surface area (Å²) in [5.74, 6) is -0.587. The van der Waals surface area contributed by atoms with E-state index >= 15 is 0 Å². The van der Waals surface area contributed by atoms with Crippen molar-refractivity contribution in [1.29, 1.82) is 0 Å². The monoisotopic (exact) mass is 594 g/mol. The van der Waals surface area contributed by atoms with E-state index in [4.69, 9.17) is 16.3 Å². The first-order valence-corrected chi connectivity index (χ1v) is 15.1. The van der Waals surface area contributed by atoms with Crippen molar-refractivity contribution < 1.29 is 19.4 Å². The van der Waals surface area contributed by atoms with Crippen molar-refractivity contribution in [2.45, 2.75) is 44.3 Å². The molecule has 43 heavy (non-hydrogen) atoms. The molecule has 1 saturated carbocycles. The van der Waals surface area contributed by atoms with Gasteiger partial charge in [-0.2, -0.15) is 0 Å². The first kappa shape index (κ1) is 29.1. The summed E-state index contributed by atoms with van der Waals surface area (Å²) in [6, 6.07) is 30.1. The lowest BCUT2D eigenvalue weighted by molar-refractivity contribution is -0.121. The molecule has 1 N–H and O–H groups in total. The first-order valence-electron chi connectivity index (χ1n) is 14.8. The van der Waals surface area contributed by atoms with E-state index in [2.05, 4.69) is 0 Å². The minimum absolute atomic E-state index is 0.0185. The van der Waals surface area contributed by atoms with Crippen molar-refractivity contribution in [2.75, 3.05) is 23.5 Å². The van der Waals surface area contributed by atoms with Crippen molar-refractivity contribution >= 4 is 46.0 Å². The number of carbonyl (C=O) groups is 2. The van der Waals surface area contributed by atoms with E-state index in [0.29, 0.717) is 41.3 Å². The molecule has 6 rings (SSSR count). The van der Waals surface area contributed by atoms with Crippen LogP contribution in [0, 0.1) is 5.92 Å². The minimum Gasteiger partial charge on any atom is -0.389 e. The molecule has 0 bridgehead atoms. The third-order valence-corrected chi connectivity index (χ3v) is 9.08. The molecule has 2 fully saturated rings. The lowest BCUT2D eigenvalue weighted by atomic mass is 9.96. The highest BCUT2D eigenvalue weighted by Gasteiger charge is 2.75. The van der Waals surface area contributed by atoms with Crippen LogP contribution in [0.15, 0.2) is 97.1 Å². The number of aliphatic hydroxyl groups is 1. The number of halogens is 1. The highest BCUT2D eigenvalue weighted by Crippen LogP contribution is 2.63. The lowest BCUT2D eigenvalue weighted by Gasteiger charge is -2.28. The van der Waals surface area contributed by atoms with Crippen LogP contribution in [0.4, 0.5) is 22.7 Å². The van der Waals surface area contributed by atoms with Crippen LogP contribution in [0.2, 0.25) is 5.02 Å². The van der Waals surface area contributed by atoms with Crippen molar-refractivity contribution in [3.05, 3.63) is 119 Å². The van der Waals surface area contributed by atoms with Gasteiger partial charge in [0.1, 0.15) is 5.60 Å². The zero-order valence-corrected chi connectivity index (χ0v) is 25.3. The summed E-state index contributed by atoms with van der Waals surface area (Å²) in [5, 5.41) is 11.4. The van der Waals surface area contributed by atoms with Crippen LogP contribution in [-0.2, 0) is 9.53 Å². The van der Waals surface area contributed by atoms with E-state index in [9.17, 15) is 14.7 Å². The molecular weight excluding hydrogens is 560 g/mol. The number of aliphatic hydroxyl groups excluding tert-OH is 1. The van der Waals surface area contributed by atoms with Crippen LogP contribution in [0.25, 0.3) is 0 Å². The number of rotatable bonds is 10. The van der Waals surface area contributed by atoms with Gasteiger partial charge in [-0.15, -0.1) is 0 Å². The third-order valence-electron chi connectivity index (χ3n) is 8.83. The Morgan fingerprint density at radius 1 is 0.860 bits per heavy atom. The van der Waals surface area contributed by atoms with Gasteiger partial charge in [-0.25, -0.2) is 0 Å². The predicted octanol–water partition coefficient (Wildman–Crippen LogP) is 7.67. The summed E-state index contributed by atoms with van der Waals surface area (Å²) in [4.78, 5) is 31.7. The summed E-state index contributed by atoms with van der Waals surface area (Å²) >= 11 is 6.05. The fraction of sp³-hybridized carbons (Fsp3) is 0.278. The number of benzene rings is 4. The topological polar surface area (TPSA) is 73.4 Å². The molecule has 7 heteroatoms. The summed E-state index contributed by atoms with van der Waals surface area (Å²) in [7, 11) is 1.96. The molecule has 0 radical (unpaired) electrons. The van der Waals surface area contributed by atoms with E-state index in [1.54, 1.807) is 11.0 Å². The Balaban J connectivity index is 1.38. The average molecular weight is 595 g/mol. The highest BCUT2D eigenvalue weighted by atomic mass is 35.5. The molecule has 1 amide bonds. The molecule has 1 saturated heterocycles. The Morgan fingerprint density at radius 3 is 2.02 bits per heavy atom. The zero-order valence-electron chi connectivity index (χ0n) is 24.5. The number of ketones is 1. The maximum Gasteiger partial charge on any atom is 0.234 e. The van der Waals surface area contributed by atoms with Crippen LogP contribution in [0.1, 0.15) is 54.1 Å². The van der Waals surface area contributed by atoms with Gasteiger partial charge in [0.05, 0.1) is 12.7 Å². The molecule has 220 valence electrons. The standard InChI is InChI=1S/C36H35ClN2O4/c1-4-23(5-2)35(42)39(30-9-7-6-8-10-30)31-20-25(32-34(41)36(32)22-43-36)19-26(21-31)33(40)24-11-15-28(16-12-24)38(3)29-17-13-27(37)14-18-29/h6-21,23,32,34,41H,4-5,22H2,1-3H3. The Kier molecular flexibility index (Phi) is 7.86.